The predicted octanol–water partition coefficient (Wildman–Crippen LogP) is 3.57. The first-order chi connectivity index (χ1) is 17.6. The molecule has 6 heteroatoms. The second-order valence-corrected chi connectivity index (χ2v) is 10.6. The minimum Gasteiger partial charge on any atom is -0.379 e. The number of nitrogens with zero attached hydrogens (tertiary/aromatic N) is 2. The van der Waals surface area contributed by atoms with Crippen molar-refractivity contribution in [2.45, 2.75) is 64.7 Å². The van der Waals surface area contributed by atoms with Crippen molar-refractivity contribution >= 4 is 11.8 Å². The van der Waals surface area contributed by atoms with Gasteiger partial charge in [-0.3, -0.25) is 14.5 Å². The minimum atomic E-state index is -0.466. The van der Waals surface area contributed by atoms with Gasteiger partial charge in [0.2, 0.25) is 11.8 Å². The Morgan fingerprint density at radius 1 is 0.917 bits per heavy atom. The fraction of sp³-hybridized carbons (Fsp3) is 0.533. The van der Waals surface area contributed by atoms with Crippen LogP contribution in [0.15, 0.2) is 48.5 Å². The Balaban J connectivity index is 1.38. The van der Waals surface area contributed by atoms with E-state index in [1.165, 1.54) is 16.7 Å². The van der Waals surface area contributed by atoms with Gasteiger partial charge >= 0.3 is 0 Å². The van der Waals surface area contributed by atoms with Crippen molar-refractivity contribution in [2.24, 2.45) is 11.8 Å². The molecule has 36 heavy (non-hydrogen) atoms. The lowest BCUT2D eigenvalue weighted by molar-refractivity contribution is -0.154. The summed E-state index contributed by atoms with van der Waals surface area (Å²) in [7, 11) is 0. The average Bonchev–Trinajstić information content (AvgIpc) is 3.33. The summed E-state index contributed by atoms with van der Waals surface area (Å²) in [5.74, 6) is 0.334. The summed E-state index contributed by atoms with van der Waals surface area (Å²) in [5.41, 5.74) is 4.93. The molecule has 1 N–H and O–H groups in total. The zero-order valence-electron chi connectivity index (χ0n) is 21.6. The fourth-order valence-electron chi connectivity index (χ4n) is 6.33. The molecule has 0 aromatic heterocycles. The third kappa shape index (κ3) is 5.21. The number of rotatable bonds is 8. The van der Waals surface area contributed by atoms with Gasteiger partial charge in [0.15, 0.2) is 0 Å². The van der Waals surface area contributed by atoms with Crippen molar-refractivity contribution in [1.82, 2.24) is 15.1 Å². The van der Waals surface area contributed by atoms with Crippen LogP contribution in [0.25, 0.3) is 0 Å². The Hall–Kier alpha value is -2.70. The van der Waals surface area contributed by atoms with Crippen molar-refractivity contribution in [3.8, 4) is 0 Å². The van der Waals surface area contributed by atoms with Crippen molar-refractivity contribution in [3.63, 3.8) is 0 Å². The number of hydrogen-bond acceptors (Lipinski definition) is 4. The number of carbonyl (C=O) groups excluding carboxylic acids is 2. The van der Waals surface area contributed by atoms with Crippen molar-refractivity contribution in [1.29, 1.82) is 0 Å². The van der Waals surface area contributed by atoms with E-state index in [0.717, 1.165) is 64.1 Å². The monoisotopic (exact) mass is 489 g/mol. The summed E-state index contributed by atoms with van der Waals surface area (Å²) in [6.45, 7) is 9.03. The molecule has 0 saturated carbocycles. The summed E-state index contributed by atoms with van der Waals surface area (Å²) in [6.07, 6.45) is 3.42. The highest BCUT2D eigenvalue weighted by molar-refractivity contribution is 5.97. The zero-order chi connectivity index (χ0) is 25.1. The number of ether oxygens (including phenoxy) is 1. The number of hydrogen-bond donors (Lipinski definition) is 1. The maximum atomic E-state index is 14.1. The minimum absolute atomic E-state index is 0.00808. The molecule has 2 aliphatic heterocycles. The van der Waals surface area contributed by atoms with Gasteiger partial charge in [-0.1, -0.05) is 75.2 Å². The lowest BCUT2D eigenvalue weighted by atomic mass is 9.86. The average molecular weight is 490 g/mol. The highest BCUT2D eigenvalue weighted by atomic mass is 16.5. The molecular weight excluding hydrogens is 450 g/mol. The Kier molecular flexibility index (Phi) is 7.73. The predicted molar refractivity (Wildman–Crippen MR) is 140 cm³/mol. The molecule has 2 amide bonds. The lowest BCUT2D eigenvalue weighted by Gasteiger charge is -2.43. The summed E-state index contributed by atoms with van der Waals surface area (Å²) in [6, 6.07) is 16.1. The van der Waals surface area contributed by atoms with Gasteiger partial charge in [0.05, 0.1) is 13.2 Å². The van der Waals surface area contributed by atoms with Crippen LogP contribution in [0, 0.1) is 11.8 Å². The maximum Gasteiger partial charge on any atom is 0.246 e. The Morgan fingerprint density at radius 2 is 1.56 bits per heavy atom. The van der Waals surface area contributed by atoms with E-state index in [9.17, 15) is 9.59 Å². The second kappa shape index (κ2) is 11.1. The molecule has 2 saturated heterocycles. The van der Waals surface area contributed by atoms with E-state index in [2.05, 4.69) is 72.6 Å². The third-order valence-corrected chi connectivity index (χ3v) is 8.35. The molecule has 0 spiro atoms. The van der Waals surface area contributed by atoms with Crippen LogP contribution in [0.2, 0.25) is 0 Å². The van der Waals surface area contributed by atoms with Crippen molar-refractivity contribution in [3.05, 3.63) is 70.8 Å². The fourth-order valence-corrected chi connectivity index (χ4v) is 6.33. The molecule has 2 aromatic rings. The molecule has 192 valence electrons. The molecule has 2 aromatic carbocycles. The van der Waals surface area contributed by atoms with Crippen LogP contribution < -0.4 is 5.32 Å². The van der Waals surface area contributed by atoms with E-state index < -0.39 is 12.1 Å². The number of piperazine rings is 1. The second-order valence-electron chi connectivity index (χ2n) is 10.6. The molecule has 0 bridgehead atoms. The van der Waals surface area contributed by atoms with E-state index in [0.29, 0.717) is 6.54 Å². The van der Waals surface area contributed by atoms with Gasteiger partial charge in [0.1, 0.15) is 12.1 Å². The molecular formula is C30H39N3O3. The zero-order valence-corrected chi connectivity index (χ0v) is 21.6. The van der Waals surface area contributed by atoms with E-state index >= 15 is 0 Å². The summed E-state index contributed by atoms with van der Waals surface area (Å²) in [5, 5.41) is 3.17. The summed E-state index contributed by atoms with van der Waals surface area (Å²) >= 11 is 0. The Labute approximate surface area is 215 Å². The molecule has 2 heterocycles. The van der Waals surface area contributed by atoms with Crippen LogP contribution in [-0.4, -0.2) is 60.0 Å². The van der Waals surface area contributed by atoms with Gasteiger partial charge in [-0.15, -0.1) is 0 Å². The van der Waals surface area contributed by atoms with E-state index in [-0.39, 0.29) is 23.7 Å². The van der Waals surface area contributed by atoms with Crippen LogP contribution in [0.4, 0.5) is 0 Å². The number of amides is 2. The van der Waals surface area contributed by atoms with E-state index in [1.54, 1.807) is 0 Å². The highest BCUT2D eigenvalue weighted by Crippen LogP contribution is 2.33. The molecule has 2 fully saturated rings. The number of fused-ring (bicyclic) bond motifs is 1. The first kappa shape index (κ1) is 25.0. The first-order valence-electron chi connectivity index (χ1n) is 13.6. The van der Waals surface area contributed by atoms with Crippen LogP contribution in [0.5, 0.6) is 0 Å². The van der Waals surface area contributed by atoms with Crippen molar-refractivity contribution < 1.29 is 14.3 Å². The van der Waals surface area contributed by atoms with Gasteiger partial charge < -0.3 is 15.0 Å². The number of morpholine rings is 1. The number of carbonyl (C=O) groups is 2. The lowest BCUT2D eigenvalue weighted by Crippen LogP contribution is -2.66. The SMILES string of the molecule is CCC(CC)[C@@H]1C(=O)N[C@H](C2Cc3ccccc3C2)C(=O)N1Cc1cccc(CN2CCOCC2)c1. The van der Waals surface area contributed by atoms with Crippen molar-refractivity contribution in [2.75, 3.05) is 26.3 Å². The van der Waals surface area contributed by atoms with Gasteiger partial charge in [0, 0.05) is 26.2 Å². The standard InChI is InChI=1S/C30H39N3O3/c1-3-23(4-2)28-29(34)31-27(26-17-24-10-5-6-11-25(24)18-26)30(35)33(28)20-22-9-7-8-21(16-22)19-32-12-14-36-15-13-32/h5-11,16,23,26-28H,3-4,12-15,17-20H2,1-2H3,(H,31,34)/t27-,28-/m1/s1. The molecule has 6 nitrogen and oxygen atoms in total. The molecule has 2 atom stereocenters. The number of nitrogens with one attached hydrogen (secondary N) is 1. The molecule has 0 unspecified atom stereocenters. The van der Waals surface area contributed by atoms with Crippen LogP contribution >= 0.6 is 0 Å². The molecule has 0 radical (unpaired) electrons. The number of benzene rings is 2. The van der Waals surface area contributed by atoms with Crippen LogP contribution in [-0.2, 0) is 40.3 Å². The molecule has 5 rings (SSSR count). The third-order valence-electron chi connectivity index (χ3n) is 8.35. The normalized spacial score (nSPS) is 23.2. The summed E-state index contributed by atoms with van der Waals surface area (Å²) in [4.78, 5) is 31.9. The topological polar surface area (TPSA) is 61.9 Å². The highest BCUT2D eigenvalue weighted by Gasteiger charge is 2.46. The molecule has 1 aliphatic carbocycles. The Bertz CT molecular complexity index is 1050. The van der Waals surface area contributed by atoms with Gasteiger partial charge in [0.25, 0.3) is 0 Å². The summed E-state index contributed by atoms with van der Waals surface area (Å²) < 4.78 is 5.49. The van der Waals surface area contributed by atoms with Crippen LogP contribution in [0.3, 0.4) is 0 Å². The van der Waals surface area contributed by atoms with E-state index in [1.807, 2.05) is 4.90 Å². The smallest absolute Gasteiger partial charge is 0.246 e. The van der Waals surface area contributed by atoms with E-state index in [4.69, 9.17) is 4.74 Å². The first-order valence-corrected chi connectivity index (χ1v) is 13.6. The maximum absolute atomic E-state index is 14.1. The Morgan fingerprint density at radius 3 is 2.19 bits per heavy atom. The quantitative estimate of drug-likeness (QED) is 0.616. The van der Waals surface area contributed by atoms with Gasteiger partial charge in [-0.05, 0) is 46.9 Å². The van der Waals surface area contributed by atoms with Gasteiger partial charge in [-0.25, -0.2) is 0 Å². The molecule has 3 aliphatic rings. The van der Waals surface area contributed by atoms with Crippen LogP contribution in [0.1, 0.15) is 48.9 Å². The largest absolute Gasteiger partial charge is 0.379 e. The van der Waals surface area contributed by atoms with Gasteiger partial charge in [-0.2, -0.15) is 0 Å².